The van der Waals surface area contributed by atoms with Gasteiger partial charge in [0.05, 0.1) is 13.7 Å². The van der Waals surface area contributed by atoms with E-state index in [1.54, 1.807) is 0 Å². The third-order valence-electron chi connectivity index (χ3n) is 11.0. The molecule has 51 heavy (non-hydrogen) atoms. The van der Waals surface area contributed by atoms with E-state index in [1.165, 1.54) is 7.11 Å². The number of carbonyl (C=O) groups is 3. The Balaban J connectivity index is 0.00000504. The minimum atomic E-state index is -1.20. The number of esters is 2. The van der Waals surface area contributed by atoms with Crippen LogP contribution in [0.3, 0.4) is 0 Å². The topological polar surface area (TPSA) is 126 Å². The maximum atomic E-state index is 14.2. The number of rotatable bonds is 10. The second-order valence-corrected chi connectivity index (χ2v) is 13.9. The van der Waals surface area contributed by atoms with Crippen molar-refractivity contribution in [3.63, 3.8) is 0 Å². The molecule has 4 atom stereocenters. The molecule has 0 saturated carbocycles. The van der Waals surface area contributed by atoms with Gasteiger partial charge < -0.3 is 29.7 Å². The van der Waals surface area contributed by atoms with Crippen molar-refractivity contribution in [2.45, 2.75) is 80.6 Å². The number of aromatic nitrogens is 3. The first-order valence-electron chi connectivity index (χ1n) is 17.7. The van der Waals surface area contributed by atoms with Gasteiger partial charge in [0.1, 0.15) is 5.92 Å². The fraction of sp³-hybridized carbons (Fsp3) is 0.439. The van der Waals surface area contributed by atoms with Crippen LogP contribution in [0.15, 0.2) is 18.0 Å². The second kappa shape index (κ2) is 15.3. The number of hydrogen-bond acceptors (Lipinski definition) is 5. The summed E-state index contributed by atoms with van der Waals surface area (Å²) in [5, 5.41) is 6.78. The quantitative estimate of drug-likeness (QED) is 0.156. The summed E-state index contributed by atoms with van der Waals surface area (Å²) >= 11 is 0. The van der Waals surface area contributed by atoms with Gasteiger partial charge in [-0.05, 0) is 63.4 Å². The van der Waals surface area contributed by atoms with Gasteiger partial charge in [-0.2, -0.15) is 11.4 Å². The molecule has 0 amide bonds. The summed E-state index contributed by atoms with van der Waals surface area (Å²) in [5.41, 5.74) is 9.48. The Morgan fingerprint density at radius 3 is 2.35 bits per heavy atom. The number of carbonyl (C=O) groups excluding carboxylic acids is 3. The van der Waals surface area contributed by atoms with Crippen molar-refractivity contribution in [2.24, 2.45) is 23.7 Å². The SMILES string of the molecule is C=Cc1c2[n-]c(c1C)/C=C1\[N-]/C(=C3\c4[n-]c(c(C)c4C(=O)[C@@H]3C(=O)OC)/C=c3\[n-]/c(c(C)c3CC)=C\2)[C@@H](CCC(=O)OCC[C@H](C)CC)[C@@H]1C.[Mg+2]. The van der Waals surface area contributed by atoms with Crippen LogP contribution in [0.4, 0.5) is 0 Å². The van der Waals surface area contributed by atoms with E-state index in [0.29, 0.717) is 52.7 Å². The minimum absolute atomic E-state index is 0. The molecule has 3 aromatic heterocycles. The van der Waals surface area contributed by atoms with Gasteiger partial charge in [0.25, 0.3) is 0 Å². The van der Waals surface area contributed by atoms with Crippen molar-refractivity contribution in [1.82, 2.24) is 15.0 Å². The second-order valence-electron chi connectivity index (χ2n) is 13.9. The van der Waals surface area contributed by atoms with Crippen LogP contribution >= 0.6 is 0 Å². The number of fused-ring (bicyclic) bond motifs is 7. The van der Waals surface area contributed by atoms with Crippen LogP contribution in [0.25, 0.3) is 35.2 Å². The third kappa shape index (κ3) is 6.73. The summed E-state index contributed by atoms with van der Waals surface area (Å²) in [4.78, 5) is 55.7. The summed E-state index contributed by atoms with van der Waals surface area (Å²) in [5.74, 6) is -2.48. The molecule has 6 rings (SSSR count). The van der Waals surface area contributed by atoms with Crippen molar-refractivity contribution in [2.75, 3.05) is 13.7 Å². The predicted octanol–water partition coefficient (Wildman–Crippen LogP) is 5.42. The standard InChI is InChI=1S/C41H47N4O5.Mg/c1-10-20(4)15-16-50-34(46)14-13-27-23(7)30-17-28-21(5)25(11-2)32(42-28)18-29-22(6)26(12-3)33(43-29)19-31-24(8)35-39(45-31)36(38(27)44-30)37(40(35)47)41(48)49-9;/h11,17-20,23,27,37H,2,10,12-16H2,1,3-9H3,(H-,44,45,47);/q-3;+2/p-1/b29-18-,30-17-,33-19-;/t20-,23+,27+,37-;/m1./s1. The Kier molecular flexibility index (Phi) is 11.5. The van der Waals surface area contributed by atoms with Crippen LogP contribution in [0, 0.1) is 44.4 Å². The molecule has 1 saturated heterocycles. The minimum Gasteiger partial charge on any atom is -0.664 e. The maximum Gasteiger partial charge on any atom is 2.00 e. The Morgan fingerprint density at radius 1 is 0.980 bits per heavy atom. The molecule has 2 aliphatic heterocycles. The molecular weight excluding hydrogens is 653 g/mol. The zero-order valence-corrected chi connectivity index (χ0v) is 32.5. The fourth-order valence-corrected chi connectivity index (χ4v) is 7.57. The van der Waals surface area contributed by atoms with E-state index in [2.05, 4.69) is 41.2 Å². The molecule has 1 fully saturated rings. The first-order valence-corrected chi connectivity index (χ1v) is 17.7. The summed E-state index contributed by atoms with van der Waals surface area (Å²) in [6.45, 7) is 18.8. The van der Waals surface area contributed by atoms with Crippen molar-refractivity contribution >= 4 is 70.7 Å². The fourth-order valence-electron chi connectivity index (χ4n) is 7.57. The number of allylic oxidation sites excluding steroid dienone is 2. The molecule has 10 heteroatoms. The number of methoxy groups -OCH3 is 1. The maximum absolute atomic E-state index is 14.2. The molecule has 9 nitrogen and oxygen atoms in total. The van der Waals surface area contributed by atoms with Crippen molar-refractivity contribution in [1.29, 1.82) is 0 Å². The third-order valence-corrected chi connectivity index (χ3v) is 11.0. The number of nitrogens with zero attached hydrogens (tertiary/aromatic N) is 4. The average molecular weight is 699 g/mol. The molecular formula is C41H46MgN4O5-2. The zero-order valence-electron chi connectivity index (χ0n) is 31.1. The normalized spacial score (nSPS) is 23.2. The number of Topliss-reactive ketones (excluding diaryl/α,β-unsaturated/α-hetero) is 1. The van der Waals surface area contributed by atoms with Crippen LogP contribution in [0.5, 0.6) is 0 Å². The summed E-state index contributed by atoms with van der Waals surface area (Å²) in [6, 6.07) is 0. The first-order chi connectivity index (χ1) is 23.9. The van der Waals surface area contributed by atoms with E-state index < -0.39 is 11.9 Å². The van der Waals surface area contributed by atoms with E-state index in [0.717, 1.165) is 69.3 Å². The van der Waals surface area contributed by atoms with Crippen LogP contribution in [0.2, 0.25) is 0 Å². The molecule has 3 aromatic rings. The van der Waals surface area contributed by atoms with Gasteiger partial charge in [0.2, 0.25) is 0 Å². The van der Waals surface area contributed by atoms with Gasteiger partial charge in [-0.25, -0.2) is 0 Å². The van der Waals surface area contributed by atoms with Crippen LogP contribution in [0.1, 0.15) is 114 Å². The Morgan fingerprint density at radius 2 is 1.69 bits per heavy atom. The van der Waals surface area contributed by atoms with Gasteiger partial charge in [0, 0.05) is 12.0 Å². The summed E-state index contributed by atoms with van der Waals surface area (Å²) in [7, 11) is 1.29. The zero-order chi connectivity index (χ0) is 36.0. The smallest absolute Gasteiger partial charge is 0.664 e. The van der Waals surface area contributed by atoms with Crippen LogP contribution in [-0.2, 0) is 25.5 Å². The number of hydrogen-bond donors (Lipinski definition) is 0. The van der Waals surface area contributed by atoms with Crippen LogP contribution in [-0.4, -0.2) is 54.5 Å². The van der Waals surface area contributed by atoms with E-state index in [-0.39, 0.29) is 53.1 Å². The molecule has 0 spiro atoms. The molecule has 0 radical (unpaired) electrons. The van der Waals surface area contributed by atoms with E-state index >= 15 is 0 Å². The molecule has 0 unspecified atom stereocenters. The van der Waals surface area contributed by atoms with Gasteiger partial charge in [-0.15, -0.1) is 33.5 Å². The molecule has 5 heterocycles. The van der Waals surface area contributed by atoms with Crippen LogP contribution < -0.4 is 25.7 Å². The Hall–Kier alpha value is -4.02. The molecule has 8 bridgehead atoms. The van der Waals surface area contributed by atoms with Crippen molar-refractivity contribution in [3.8, 4) is 0 Å². The van der Waals surface area contributed by atoms with Gasteiger partial charge in [-0.1, -0.05) is 92.8 Å². The van der Waals surface area contributed by atoms with E-state index in [1.807, 2.05) is 38.2 Å². The average Bonchev–Trinajstić information content (AvgIpc) is 3.84. The molecule has 1 aliphatic carbocycles. The Labute approximate surface area is 316 Å². The molecule has 0 aromatic carbocycles. The summed E-state index contributed by atoms with van der Waals surface area (Å²) < 4.78 is 10.8. The van der Waals surface area contributed by atoms with Crippen molar-refractivity contribution < 1.29 is 23.9 Å². The Bertz CT molecular complexity index is 2090. The van der Waals surface area contributed by atoms with Gasteiger partial charge in [-0.3, -0.25) is 14.4 Å². The largest absolute Gasteiger partial charge is 2.00 e. The first kappa shape index (κ1) is 38.2. The van der Waals surface area contributed by atoms with E-state index in [4.69, 9.17) is 29.7 Å². The van der Waals surface area contributed by atoms with Crippen molar-refractivity contribution in [3.05, 3.63) is 90.1 Å². The number of ketones is 1. The predicted molar refractivity (Wildman–Crippen MR) is 200 cm³/mol. The summed E-state index contributed by atoms with van der Waals surface area (Å²) in [6.07, 6.45) is 10.9. The van der Waals surface area contributed by atoms with Gasteiger partial charge in [0.15, 0.2) is 5.78 Å². The molecule has 264 valence electrons. The van der Waals surface area contributed by atoms with E-state index in [9.17, 15) is 14.4 Å². The molecule has 0 N–H and O–H groups in total. The number of ether oxygens (including phenoxy) is 2. The molecule has 3 aliphatic rings. The monoisotopic (exact) mass is 698 g/mol. The van der Waals surface area contributed by atoms with Gasteiger partial charge >= 0.3 is 35.0 Å².